The SMILES string of the molecule is O=C(N[C@@H]1CC[C@@]2(S(=O)(=O)c3ccc(F)cc3)c3ccc(C(F)(C(F)(F)F)C(F)(F)F)cc3CC[C@@H]12)C1CC(O)(CO)C1. The van der Waals surface area contributed by atoms with Crippen molar-refractivity contribution in [1.29, 1.82) is 0 Å². The Kier molecular flexibility index (Phi) is 7.45. The Morgan fingerprint density at radius 2 is 1.56 bits per heavy atom. The lowest BCUT2D eigenvalue weighted by atomic mass is 9.70. The van der Waals surface area contributed by atoms with E-state index in [1.807, 2.05) is 0 Å². The van der Waals surface area contributed by atoms with Crippen LogP contribution < -0.4 is 5.32 Å². The van der Waals surface area contributed by atoms with E-state index in [-0.39, 0.29) is 54.5 Å². The normalized spacial score (nSPS) is 29.4. The summed E-state index contributed by atoms with van der Waals surface area (Å²) >= 11 is 0. The van der Waals surface area contributed by atoms with Crippen LogP contribution >= 0.6 is 0 Å². The lowest BCUT2D eigenvalue weighted by Crippen LogP contribution is -2.55. The number of nitrogens with one attached hydrogen (secondary N) is 1. The number of aryl methyl sites for hydroxylation is 1. The zero-order valence-corrected chi connectivity index (χ0v) is 23.1. The molecule has 0 aliphatic heterocycles. The Bertz CT molecular complexity index is 1510. The van der Waals surface area contributed by atoms with Crippen molar-refractivity contribution in [2.75, 3.05) is 6.61 Å². The molecule has 3 atom stereocenters. The van der Waals surface area contributed by atoms with Gasteiger partial charge in [0.05, 0.1) is 17.1 Å². The van der Waals surface area contributed by atoms with Crippen LogP contribution in [0, 0.1) is 17.7 Å². The molecule has 15 heteroatoms. The van der Waals surface area contributed by atoms with Crippen LogP contribution in [0.3, 0.4) is 0 Å². The third kappa shape index (κ3) is 4.73. The molecule has 0 bridgehead atoms. The van der Waals surface area contributed by atoms with Crippen LogP contribution in [0.2, 0.25) is 0 Å². The van der Waals surface area contributed by atoms with Crippen molar-refractivity contribution in [2.45, 2.75) is 77.8 Å². The van der Waals surface area contributed by atoms with E-state index in [0.717, 1.165) is 30.3 Å². The maximum Gasteiger partial charge on any atom is 0.435 e. The molecule has 3 aliphatic rings. The molecule has 5 rings (SSSR count). The number of halogens is 8. The van der Waals surface area contributed by atoms with Crippen molar-refractivity contribution in [1.82, 2.24) is 5.32 Å². The molecule has 2 saturated carbocycles. The molecule has 6 nitrogen and oxygen atoms in total. The number of fused-ring (bicyclic) bond motifs is 3. The average molecular weight is 642 g/mol. The summed E-state index contributed by atoms with van der Waals surface area (Å²) < 4.78 is 136. The Morgan fingerprint density at radius 3 is 2.12 bits per heavy atom. The largest absolute Gasteiger partial charge is 0.435 e. The van der Waals surface area contributed by atoms with E-state index >= 15 is 0 Å². The van der Waals surface area contributed by atoms with Crippen LogP contribution in [-0.2, 0) is 31.5 Å². The lowest BCUT2D eigenvalue weighted by Gasteiger charge is -2.44. The van der Waals surface area contributed by atoms with E-state index in [9.17, 15) is 58.5 Å². The molecule has 0 spiro atoms. The average Bonchev–Trinajstić information content (AvgIpc) is 3.29. The van der Waals surface area contributed by atoms with Crippen LogP contribution in [0.25, 0.3) is 0 Å². The standard InChI is InChI=1S/C28H27F8NO5S/c29-18-3-5-19(6-4-18)43(41,42)25-10-9-22(37-23(39)16-12-24(40,13-16)14-38)21(25)7-1-15-11-17(2-8-20(15)25)26(30,27(31,32)33)28(34,35)36/h2-6,8,11,16,21-22,38,40H,1,7,9-10,12-14H2,(H,37,39)/t16?,21-,22+,24?,25+/m0/s1. The highest BCUT2D eigenvalue weighted by atomic mass is 32.2. The molecule has 43 heavy (non-hydrogen) atoms. The predicted molar refractivity (Wildman–Crippen MR) is 134 cm³/mol. The second-order valence-electron chi connectivity index (χ2n) is 11.7. The highest BCUT2D eigenvalue weighted by Crippen LogP contribution is 2.59. The van der Waals surface area contributed by atoms with Gasteiger partial charge in [-0.25, -0.2) is 17.2 Å². The predicted octanol–water partition coefficient (Wildman–Crippen LogP) is 4.76. The third-order valence-electron chi connectivity index (χ3n) is 9.23. The van der Waals surface area contributed by atoms with Crippen molar-refractivity contribution in [3.05, 3.63) is 65.0 Å². The third-order valence-corrected chi connectivity index (χ3v) is 11.8. The van der Waals surface area contributed by atoms with Gasteiger partial charge in [-0.05, 0) is 73.9 Å². The van der Waals surface area contributed by atoms with Crippen molar-refractivity contribution in [3.63, 3.8) is 0 Å². The highest BCUT2D eigenvalue weighted by molar-refractivity contribution is 7.92. The molecule has 2 aromatic carbocycles. The highest BCUT2D eigenvalue weighted by Gasteiger charge is 2.74. The smallest absolute Gasteiger partial charge is 0.393 e. The number of rotatable bonds is 6. The summed E-state index contributed by atoms with van der Waals surface area (Å²) in [6, 6.07) is 4.46. The molecule has 0 radical (unpaired) electrons. The molecule has 0 unspecified atom stereocenters. The number of carbonyl (C=O) groups is 1. The number of benzene rings is 2. The van der Waals surface area contributed by atoms with E-state index in [0.29, 0.717) is 12.1 Å². The summed E-state index contributed by atoms with van der Waals surface area (Å²) in [7, 11) is -4.53. The fraction of sp³-hybridized carbons (Fsp3) is 0.536. The van der Waals surface area contributed by atoms with Gasteiger partial charge in [0.2, 0.25) is 5.91 Å². The van der Waals surface area contributed by atoms with Gasteiger partial charge in [0.25, 0.3) is 0 Å². The minimum atomic E-state index is -6.36. The number of aliphatic hydroxyl groups excluding tert-OH is 1. The molecule has 2 fully saturated rings. The summed E-state index contributed by atoms with van der Waals surface area (Å²) in [6.07, 6.45) is -13.2. The van der Waals surface area contributed by atoms with E-state index in [1.54, 1.807) is 0 Å². The minimum Gasteiger partial charge on any atom is -0.393 e. The summed E-state index contributed by atoms with van der Waals surface area (Å²) in [4.78, 5) is 12.6. The van der Waals surface area contributed by atoms with Crippen LogP contribution in [-0.4, -0.2) is 55.1 Å². The first-order chi connectivity index (χ1) is 19.8. The molecule has 0 heterocycles. The number of sulfone groups is 1. The van der Waals surface area contributed by atoms with Gasteiger partial charge in [-0.2, -0.15) is 26.3 Å². The summed E-state index contributed by atoms with van der Waals surface area (Å²) in [5, 5.41) is 22.1. The van der Waals surface area contributed by atoms with Gasteiger partial charge in [0.15, 0.2) is 9.84 Å². The fourth-order valence-electron chi connectivity index (χ4n) is 7.02. The van der Waals surface area contributed by atoms with Crippen LogP contribution in [0.1, 0.15) is 48.8 Å². The summed E-state index contributed by atoms with van der Waals surface area (Å²) in [5.41, 5.74) is -9.18. The number of hydrogen-bond donors (Lipinski definition) is 3. The van der Waals surface area contributed by atoms with Gasteiger partial charge >= 0.3 is 18.0 Å². The van der Waals surface area contributed by atoms with Gasteiger partial charge in [0.1, 0.15) is 10.6 Å². The van der Waals surface area contributed by atoms with E-state index in [4.69, 9.17) is 0 Å². The van der Waals surface area contributed by atoms with Gasteiger partial charge in [-0.15, -0.1) is 0 Å². The first kappa shape index (κ1) is 31.6. The molecule has 3 N–H and O–H groups in total. The summed E-state index contributed by atoms with van der Waals surface area (Å²) in [5.74, 6) is -2.82. The Labute approximate surface area is 241 Å². The second kappa shape index (κ2) is 10.1. The zero-order chi connectivity index (χ0) is 31.8. The zero-order valence-electron chi connectivity index (χ0n) is 22.3. The maximum absolute atomic E-state index is 14.9. The van der Waals surface area contributed by atoms with Crippen LogP contribution in [0.4, 0.5) is 35.1 Å². The van der Waals surface area contributed by atoms with Gasteiger partial charge in [-0.1, -0.05) is 18.2 Å². The fourth-order valence-corrected chi connectivity index (χ4v) is 9.50. The van der Waals surface area contributed by atoms with Crippen molar-refractivity contribution >= 4 is 15.7 Å². The topological polar surface area (TPSA) is 104 Å². The van der Waals surface area contributed by atoms with Crippen LogP contribution in [0.15, 0.2) is 47.4 Å². The van der Waals surface area contributed by atoms with Gasteiger partial charge < -0.3 is 15.5 Å². The first-order valence-corrected chi connectivity index (χ1v) is 14.9. The Hall–Kier alpha value is -2.78. The van der Waals surface area contributed by atoms with E-state index in [1.165, 1.54) is 0 Å². The molecule has 0 saturated heterocycles. The van der Waals surface area contributed by atoms with E-state index < -0.39 is 80.0 Å². The number of carbonyl (C=O) groups excluding carboxylic acids is 1. The maximum atomic E-state index is 14.9. The molecule has 0 aromatic heterocycles. The minimum absolute atomic E-state index is 0.0270. The lowest BCUT2D eigenvalue weighted by molar-refractivity contribution is -0.348. The van der Waals surface area contributed by atoms with Crippen molar-refractivity contribution in [3.8, 4) is 0 Å². The number of aliphatic hydroxyl groups is 2. The Morgan fingerprint density at radius 1 is 0.953 bits per heavy atom. The summed E-state index contributed by atoms with van der Waals surface area (Å²) in [6.45, 7) is -0.552. The van der Waals surface area contributed by atoms with Crippen molar-refractivity contribution < 1.29 is 58.5 Å². The molecule has 3 aliphatic carbocycles. The monoisotopic (exact) mass is 641 g/mol. The number of amides is 1. The van der Waals surface area contributed by atoms with Gasteiger partial charge in [-0.3, -0.25) is 4.79 Å². The molecular weight excluding hydrogens is 614 g/mol. The van der Waals surface area contributed by atoms with Crippen molar-refractivity contribution in [2.24, 2.45) is 11.8 Å². The Balaban J connectivity index is 1.60. The molecular formula is C28H27F8NO5S. The number of hydrogen-bond acceptors (Lipinski definition) is 5. The second-order valence-corrected chi connectivity index (χ2v) is 13.9. The molecule has 2 aromatic rings. The van der Waals surface area contributed by atoms with Crippen LogP contribution in [0.5, 0.6) is 0 Å². The molecule has 236 valence electrons. The quantitative estimate of drug-likeness (QED) is 0.312. The van der Waals surface area contributed by atoms with E-state index in [2.05, 4.69) is 5.32 Å². The first-order valence-electron chi connectivity index (χ1n) is 13.4. The molecule has 1 amide bonds. The van der Waals surface area contributed by atoms with Gasteiger partial charge in [0, 0.05) is 23.4 Å². The number of alkyl halides is 7.